The van der Waals surface area contributed by atoms with Crippen LogP contribution in [0.15, 0.2) is 39.9 Å². The number of hydrogen-bond acceptors (Lipinski definition) is 5. The first-order valence-electron chi connectivity index (χ1n) is 7.05. The molecule has 3 heterocycles. The molecule has 7 heteroatoms. The zero-order valence-corrected chi connectivity index (χ0v) is 13.4. The predicted octanol–water partition coefficient (Wildman–Crippen LogP) is 3.31. The summed E-state index contributed by atoms with van der Waals surface area (Å²) < 4.78 is 5.17. The Hall–Kier alpha value is -2.60. The Morgan fingerprint density at radius 3 is 2.91 bits per heavy atom. The number of nitrogens with one attached hydrogen (secondary N) is 2. The maximum Gasteiger partial charge on any atom is 0.271 e. The Kier molecular flexibility index (Phi) is 4.16. The molecule has 0 aromatic carbocycles. The summed E-state index contributed by atoms with van der Waals surface area (Å²) in [5, 5.41) is 7.56. The average Bonchev–Trinajstić information content (AvgIpc) is 2.87. The number of anilines is 1. The number of halogens is 1. The van der Waals surface area contributed by atoms with Gasteiger partial charge >= 0.3 is 0 Å². The largest absolute Gasteiger partial charge is 0.375 e. The molecule has 0 saturated carbocycles. The Morgan fingerprint density at radius 2 is 2.22 bits per heavy atom. The van der Waals surface area contributed by atoms with Crippen molar-refractivity contribution >= 4 is 17.3 Å². The summed E-state index contributed by atoms with van der Waals surface area (Å²) in [6, 6.07) is 5.29. The molecule has 118 valence electrons. The second kappa shape index (κ2) is 6.26. The number of pyridine rings is 2. The highest BCUT2D eigenvalue weighted by atomic mass is 35.5. The van der Waals surface area contributed by atoms with Crippen LogP contribution in [0.25, 0.3) is 11.1 Å². The van der Waals surface area contributed by atoms with Gasteiger partial charge < -0.3 is 14.8 Å². The lowest BCUT2D eigenvalue weighted by Gasteiger charge is -2.08. The van der Waals surface area contributed by atoms with E-state index in [0.29, 0.717) is 28.7 Å². The summed E-state index contributed by atoms with van der Waals surface area (Å²) >= 11 is 6.08. The summed E-state index contributed by atoms with van der Waals surface area (Å²) in [5.41, 5.74) is 3.37. The third-order valence-corrected chi connectivity index (χ3v) is 3.85. The third-order valence-electron chi connectivity index (χ3n) is 3.51. The van der Waals surface area contributed by atoms with Crippen LogP contribution in [-0.2, 0) is 6.54 Å². The summed E-state index contributed by atoms with van der Waals surface area (Å²) in [6.45, 7) is 4.05. The molecule has 3 rings (SSSR count). The Morgan fingerprint density at radius 1 is 1.39 bits per heavy atom. The summed E-state index contributed by atoms with van der Waals surface area (Å²) in [6.07, 6.45) is 3.31. The van der Waals surface area contributed by atoms with Crippen LogP contribution in [0.4, 0.5) is 5.69 Å². The number of rotatable bonds is 4. The lowest BCUT2D eigenvalue weighted by molar-refractivity contribution is 0.393. The van der Waals surface area contributed by atoms with Gasteiger partial charge in [0.25, 0.3) is 5.56 Å². The van der Waals surface area contributed by atoms with E-state index in [1.807, 2.05) is 13.8 Å². The first kappa shape index (κ1) is 15.3. The molecule has 0 spiro atoms. The van der Waals surface area contributed by atoms with Gasteiger partial charge in [-0.05, 0) is 32.0 Å². The number of H-pyrrole nitrogens is 1. The van der Waals surface area contributed by atoms with Crippen LogP contribution in [0.2, 0.25) is 5.02 Å². The van der Waals surface area contributed by atoms with Crippen LogP contribution < -0.4 is 10.9 Å². The van der Waals surface area contributed by atoms with Crippen molar-refractivity contribution in [2.45, 2.75) is 20.4 Å². The zero-order valence-electron chi connectivity index (χ0n) is 12.7. The number of aryl methyl sites for hydroxylation is 2. The van der Waals surface area contributed by atoms with Gasteiger partial charge in [0.2, 0.25) is 0 Å². The van der Waals surface area contributed by atoms with Crippen molar-refractivity contribution in [1.29, 1.82) is 0 Å². The molecular weight excluding hydrogens is 316 g/mol. The maximum absolute atomic E-state index is 12.0. The molecule has 23 heavy (non-hydrogen) atoms. The molecule has 0 amide bonds. The lowest BCUT2D eigenvalue weighted by atomic mass is 10.1. The molecule has 2 N–H and O–H groups in total. The van der Waals surface area contributed by atoms with Crippen molar-refractivity contribution in [3.8, 4) is 11.1 Å². The molecule has 0 saturated heterocycles. The first-order chi connectivity index (χ1) is 11.1. The van der Waals surface area contributed by atoms with Crippen molar-refractivity contribution in [2.75, 3.05) is 5.32 Å². The van der Waals surface area contributed by atoms with Gasteiger partial charge in [-0.25, -0.2) is 0 Å². The zero-order chi connectivity index (χ0) is 16.4. The van der Waals surface area contributed by atoms with Crippen LogP contribution in [0.3, 0.4) is 0 Å². The van der Waals surface area contributed by atoms with E-state index in [1.165, 1.54) is 0 Å². The van der Waals surface area contributed by atoms with E-state index in [4.69, 9.17) is 16.1 Å². The van der Waals surface area contributed by atoms with E-state index >= 15 is 0 Å². The van der Waals surface area contributed by atoms with E-state index < -0.39 is 0 Å². The van der Waals surface area contributed by atoms with Gasteiger partial charge in [-0.3, -0.25) is 9.78 Å². The van der Waals surface area contributed by atoms with Gasteiger partial charge in [0.05, 0.1) is 23.0 Å². The topological polar surface area (TPSA) is 83.8 Å². The van der Waals surface area contributed by atoms with Gasteiger partial charge in [0.15, 0.2) is 0 Å². The summed E-state index contributed by atoms with van der Waals surface area (Å²) in [7, 11) is 0. The van der Waals surface area contributed by atoms with Crippen LogP contribution >= 0.6 is 11.6 Å². The molecule has 0 aliphatic carbocycles. The highest BCUT2D eigenvalue weighted by Crippen LogP contribution is 2.27. The van der Waals surface area contributed by atoms with E-state index in [-0.39, 0.29) is 5.56 Å². The fourth-order valence-electron chi connectivity index (χ4n) is 2.38. The Balaban J connectivity index is 1.90. The summed E-state index contributed by atoms with van der Waals surface area (Å²) in [4.78, 5) is 18.9. The molecule has 6 nitrogen and oxygen atoms in total. The van der Waals surface area contributed by atoms with Gasteiger partial charge in [0.1, 0.15) is 11.4 Å². The molecule has 0 atom stereocenters. The first-order valence-corrected chi connectivity index (χ1v) is 7.43. The maximum atomic E-state index is 12.0. The van der Waals surface area contributed by atoms with Crippen molar-refractivity contribution < 1.29 is 4.52 Å². The van der Waals surface area contributed by atoms with Gasteiger partial charge in [-0.2, -0.15) is 0 Å². The second-order valence-corrected chi connectivity index (χ2v) is 5.52. The third kappa shape index (κ3) is 3.12. The SMILES string of the molecule is Cc1noc(C)c1-c1c[nH]c(=O)c(NCc2ncccc2Cl)c1. The minimum absolute atomic E-state index is 0.215. The number of hydrogen-bond donors (Lipinski definition) is 2. The number of aromatic amines is 1. The smallest absolute Gasteiger partial charge is 0.271 e. The highest BCUT2D eigenvalue weighted by molar-refractivity contribution is 6.31. The summed E-state index contributed by atoms with van der Waals surface area (Å²) in [5.74, 6) is 0.702. The van der Waals surface area contributed by atoms with Crippen LogP contribution in [0.5, 0.6) is 0 Å². The lowest BCUT2D eigenvalue weighted by Crippen LogP contribution is -2.14. The van der Waals surface area contributed by atoms with Crippen molar-refractivity contribution in [3.05, 3.63) is 63.1 Å². The predicted molar refractivity (Wildman–Crippen MR) is 88.6 cm³/mol. The van der Waals surface area contributed by atoms with Crippen molar-refractivity contribution in [1.82, 2.24) is 15.1 Å². The van der Waals surface area contributed by atoms with Crippen molar-refractivity contribution in [2.24, 2.45) is 0 Å². The normalized spacial score (nSPS) is 10.7. The fourth-order valence-corrected chi connectivity index (χ4v) is 2.57. The number of nitrogens with zero attached hydrogens (tertiary/aromatic N) is 2. The highest BCUT2D eigenvalue weighted by Gasteiger charge is 2.13. The molecule has 0 aliphatic heterocycles. The van der Waals surface area contributed by atoms with E-state index in [0.717, 1.165) is 16.8 Å². The van der Waals surface area contributed by atoms with E-state index in [1.54, 1.807) is 30.6 Å². The van der Waals surface area contributed by atoms with Crippen LogP contribution in [0.1, 0.15) is 17.1 Å². The Labute approximate surface area is 137 Å². The molecule has 0 radical (unpaired) electrons. The molecule has 0 bridgehead atoms. The molecule has 0 unspecified atom stereocenters. The van der Waals surface area contributed by atoms with Crippen LogP contribution in [-0.4, -0.2) is 15.1 Å². The number of aromatic nitrogens is 3. The quantitative estimate of drug-likeness (QED) is 0.766. The molecule has 3 aromatic rings. The second-order valence-electron chi connectivity index (χ2n) is 5.12. The average molecular weight is 331 g/mol. The molecule has 3 aromatic heterocycles. The van der Waals surface area contributed by atoms with Gasteiger partial charge in [0, 0.05) is 23.5 Å². The molecule has 0 fully saturated rings. The van der Waals surface area contributed by atoms with Crippen molar-refractivity contribution in [3.63, 3.8) is 0 Å². The van der Waals surface area contributed by atoms with Gasteiger partial charge in [-0.15, -0.1) is 0 Å². The van der Waals surface area contributed by atoms with Gasteiger partial charge in [-0.1, -0.05) is 16.8 Å². The monoisotopic (exact) mass is 330 g/mol. The minimum Gasteiger partial charge on any atom is -0.375 e. The van der Waals surface area contributed by atoms with Crippen LogP contribution in [0, 0.1) is 13.8 Å². The standard InChI is InChI=1S/C16H15ClN4O2/c1-9-15(10(2)23-21-9)11-6-13(16(22)20-7-11)19-8-14-12(17)4-3-5-18-14/h3-7,19H,8H2,1-2H3,(H,20,22). The molecular formula is C16H15ClN4O2. The van der Waals surface area contributed by atoms with E-state index in [2.05, 4.69) is 20.4 Å². The minimum atomic E-state index is -0.215. The Bertz CT molecular complexity index is 882. The van der Waals surface area contributed by atoms with E-state index in [9.17, 15) is 4.79 Å². The fraction of sp³-hybridized carbons (Fsp3) is 0.188. The molecule has 0 aliphatic rings.